The summed E-state index contributed by atoms with van der Waals surface area (Å²) in [5.41, 5.74) is 3.47. The average molecular weight is 499 g/mol. The molecule has 6 rings (SSSR count). The molecule has 2 aliphatic heterocycles. The number of carbonyl (C=O) groups excluding carboxylic acids is 2. The second kappa shape index (κ2) is 9.65. The number of hydrogen-bond donors (Lipinski definition) is 1. The molecule has 0 spiro atoms. The Morgan fingerprint density at radius 1 is 1.03 bits per heavy atom. The first-order valence-corrected chi connectivity index (χ1v) is 12.6. The Hall–Kier alpha value is -4.27. The lowest BCUT2D eigenvalue weighted by Gasteiger charge is -2.36. The number of benzene rings is 2. The number of piperidine rings is 1. The van der Waals surface area contributed by atoms with Crippen LogP contribution in [-0.2, 0) is 6.54 Å². The fourth-order valence-electron chi connectivity index (χ4n) is 5.29. The number of nitrogens with one attached hydrogen (secondary N) is 1. The molecule has 1 N–H and O–H groups in total. The van der Waals surface area contributed by atoms with Gasteiger partial charge >= 0.3 is 6.03 Å². The summed E-state index contributed by atoms with van der Waals surface area (Å²) in [4.78, 5) is 34.5. The van der Waals surface area contributed by atoms with Gasteiger partial charge in [-0.3, -0.25) is 4.79 Å². The van der Waals surface area contributed by atoms with Crippen LogP contribution in [0.4, 0.5) is 9.18 Å². The van der Waals surface area contributed by atoms with E-state index >= 15 is 0 Å². The van der Waals surface area contributed by atoms with Crippen LogP contribution in [0.5, 0.6) is 0 Å². The number of carbonyl (C=O) groups is 2. The number of nitrogens with zero attached hydrogens (tertiary/aromatic N) is 5. The molecule has 3 amide bonds. The first kappa shape index (κ1) is 23.1. The van der Waals surface area contributed by atoms with Gasteiger partial charge in [0.25, 0.3) is 5.91 Å². The van der Waals surface area contributed by atoms with Gasteiger partial charge in [-0.2, -0.15) is 5.10 Å². The number of rotatable bonds is 5. The molecule has 0 atom stereocenters. The molecule has 2 saturated heterocycles. The van der Waals surface area contributed by atoms with Crippen molar-refractivity contribution in [2.45, 2.75) is 25.4 Å². The van der Waals surface area contributed by atoms with Gasteiger partial charge in [0.2, 0.25) is 0 Å². The highest BCUT2D eigenvalue weighted by molar-refractivity contribution is 6.06. The molecule has 0 unspecified atom stereocenters. The zero-order chi connectivity index (χ0) is 25.4. The van der Waals surface area contributed by atoms with Crippen molar-refractivity contribution in [1.82, 2.24) is 29.9 Å². The van der Waals surface area contributed by atoms with Crippen molar-refractivity contribution in [1.29, 1.82) is 0 Å². The zero-order valence-electron chi connectivity index (χ0n) is 20.3. The molecule has 37 heavy (non-hydrogen) atoms. The maximum Gasteiger partial charge on any atom is 0.317 e. The molecular weight excluding hydrogens is 471 g/mol. The van der Waals surface area contributed by atoms with Gasteiger partial charge in [-0.05, 0) is 36.6 Å². The van der Waals surface area contributed by atoms with Crippen LogP contribution in [0, 0.1) is 5.82 Å². The molecule has 8 nitrogen and oxygen atoms in total. The van der Waals surface area contributed by atoms with Gasteiger partial charge in [0.1, 0.15) is 5.82 Å². The minimum absolute atomic E-state index is 0.0150. The van der Waals surface area contributed by atoms with Gasteiger partial charge in [-0.15, -0.1) is 0 Å². The molecule has 0 saturated carbocycles. The summed E-state index contributed by atoms with van der Waals surface area (Å²) in [7, 11) is 0. The molecule has 2 aromatic carbocycles. The first-order valence-electron chi connectivity index (χ1n) is 12.6. The molecule has 0 bridgehead atoms. The van der Waals surface area contributed by atoms with Crippen molar-refractivity contribution in [2.75, 3.05) is 26.2 Å². The second-order valence-corrected chi connectivity index (χ2v) is 9.54. The third-order valence-electron chi connectivity index (χ3n) is 7.21. The van der Waals surface area contributed by atoms with Crippen molar-refractivity contribution in [3.63, 3.8) is 0 Å². The molecule has 2 fully saturated rings. The fourth-order valence-corrected chi connectivity index (χ4v) is 5.29. The molecule has 0 radical (unpaired) electrons. The second-order valence-electron chi connectivity index (χ2n) is 9.54. The molecule has 0 aliphatic carbocycles. The smallest absolute Gasteiger partial charge is 0.317 e. The summed E-state index contributed by atoms with van der Waals surface area (Å²) < 4.78 is 15.5. The van der Waals surface area contributed by atoms with Crippen molar-refractivity contribution < 1.29 is 14.0 Å². The average Bonchev–Trinajstić information content (AvgIpc) is 3.54. The van der Waals surface area contributed by atoms with E-state index in [9.17, 15) is 14.0 Å². The van der Waals surface area contributed by atoms with Crippen LogP contribution in [0.1, 0.15) is 28.8 Å². The van der Waals surface area contributed by atoms with Crippen molar-refractivity contribution in [2.24, 2.45) is 0 Å². The maximum atomic E-state index is 13.8. The normalized spacial score (nSPS) is 16.4. The fraction of sp³-hybridized carbons (Fsp3) is 0.286. The number of halogens is 1. The summed E-state index contributed by atoms with van der Waals surface area (Å²) in [6.45, 7) is 2.88. The highest BCUT2D eigenvalue weighted by Crippen LogP contribution is 2.28. The van der Waals surface area contributed by atoms with E-state index in [-0.39, 0.29) is 23.8 Å². The van der Waals surface area contributed by atoms with E-state index in [2.05, 4.69) is 10.4 Å². The van der Waals surface area contributed by atoms with E-state index in [0.717, 1.165) is 24.0 Å². The minimum Gasteiger partial charge on any atom is -0.338 e. The van der Waals surface area contributed by atoms with Crippen LogP contribution in [-0.4, -0.2) is 68.7 Å². The lowest BCUT2D eigenvalue weighted by molar-refractivity contribution is 0.0668. The molecule has 9 heteroatoms. The zero-order valence-corrected chi connectivity index (χ0v) is 20.3. The van der Waals surface area contributed by atoms with Gasteiger partial charge in [0.15, 0.2) is 5.65 Å². The number of pyridine rings is 1. The molecular formula is C28H27FN6O2. The van der Waals surface area contributed by atoms with Crippen molar-refractivity contribution in [3.05, 3.63) is 83.8 Å². The molecule has 4 heterocycles. The van der Waals surface area contributed by atoms with Crippen LogP contribution in [0.15, 0.2) is 66.9 Å². The molecule has 2 aliphatic rings. The summed E-state index contributed by atoms with van der Waals surface area (Å²) in [5.74, 6) is -0.378. The lowest BCUT2D eigenvalue weighted by Crippen LogP contribution is -2.47. The molecule has 2 aromatic heterocycles. The predicted molar refractivity (Wildman–Crippen MR) is 137 cm³/mol. The first-order chi connectivity index (χ1) is 18.1. The monoisotopic (exact) mass is 498 g/mol. The maximum absolute atomic E-state index is 13.8. The Bertz CT molecular complexity index is 1460. The SMILES string of the molecule is O=C(c1cc(-c2ccccc2)nc2c1cnn2Cc1cccc(F)c1)N1CCC(N2CCNC2=O)CC1. The Morgan fingerprint density at radius 2 is 1.84 bits per heavy atom. The number of likely N-dealkylation sites (tertiary alicyclic amines) is 1. The van der Waals surface area contributed by atoms with E-state index in [1.54, 1.807) is 16.9 Å². The van der Waals surface area contributed by atoms with Crippen LogP contribution >= 0.6 is 0 Å². The lowest BCUT2D eigenvalue weighted by atomic mass is 10.0. The number of amides is 3. The minimum atomic E-state index is -0.308. The number of hydrogen-bond acceptors (Lipinski definition) is 4. The van der Waals surface area contributed by atoms with Crippen LogP contribution < -0.4 is 5.32 Å². The standard InChI is InChI=1S/C28H27FN6O2/c29-21-8-4-5-19(15-21)18-35-26-24(17-31-35)23(16-25(32-26)20-6-2-1-3-7-20)27(36)33-12-9-22(10-13-33)34-14-11-30-28(34)37/h1-8,15-17,22H,9-14,18H2,(H,30,37). The summed E-state index contributed by atoms with van der Waals surface area (Å²) in [5, 5.41) is 8.06. The number of fused-ring (bicyclic) bond motifs is 1. The van der Waals surface area contributed by atoms with E-state index < -0.39 is 0 Å². The predicted octanol–water partition coefficient (Wildman–Crippen LogP) is 3.92. The van der Waals surface area contributed by atoms with Gasteiger partial charge in [0, 0.05) is 37.8 Å². The largest absolute Gasteiger partial charge is 0.338 e. The van der Waals surface area contributed by atoms with E-state index in [1.165, 1.54) is 12.1 Å². The van der Waals surface area contributed by atoms with Crippen LogP contribution in [0.2, 0.25) is 0 Å². The summed E-state index contributed by atoms with van der Waals surface area (Å²) in [6.07, 6.45) is 3.17. The van der Waals surface area contributed by atoms with E-state index in [4.69, 9.17) is 4.98 Å². The Morgan fingerprint density at radius 3 is 2.57 bits per heavy atom. The van der Waals surface area contributed by atoms with E-state index in [1.807, 2.05) is 52.3 Å². The van der Waals surface area contributed by atoms with Crippen LogP contribution in [0.25, 0.3) is 22.3 Å². The van der Waals surface area contributed by atoms with E-state index in [0.29, 0.717) is 55.0 Å². The van der Waals surface area contributed by atoms with Gasteiger partial charge < -0.3 is 15.1 Å². The third-order valence-corrected chi connectivity index (χ3v) is 7.21. The quantitative estimate of drug-likeness (QED) is 0.452. The van der Waals surface area contributed by atoms with Gasteiger partial charge in [-0.1, -0.05) is 42.5 Å². The Balaban J connectivity index is 1.33. The highest BCUT2D eigenvalue weighted by atomic mass is 19.1. The van der Waals surface area contributed by atoms with Gasteiger partial charge in [0.05, 0.1) is 29.4 Å². The number of aromatic nitrogens is 3. The van der Waals surface area contributed by atoms with Crippen molar-refractivity contribution >= 4 is 23.0 Å². The molecule has 188 valence electrons. The number of urea groups is 1. The Labute approximate surface area is 213 Å². The highest BCUT2D eigenvalue weighted by Gasteiger charge is 2.33. The topological polar surface area (TPSA) is 83.4 Å². The van der Waals surface area contributed by atoms with Crippen LogP contribution in [0.3, 0.4) is 0 Å². The summed E-state index contributed by atoms with van der Waals surface area (Å²) in [6, 6.07) is 18.1. The Kier molecular flexibility index (Phi) is 6.04. The molecule has 4 aromatic rings. The van der Waals surface area contributed by atoms with Crippen molar-refractivity contribution in [3.8, 4) is 11.3 Å². The van der Waals surface area contributed by atoms with Gasteiger partial charge in [-0.25, -0.2) is 18.9 Å². The summed E-state index contributed by atoms with van der Waals surface area (Å²) >= 11 is 0. The third kappa shape index (κ3) is 4.52.